The molecule has 144 valence electrons. The molecule has 2 aromatic carbocycles. The zero-order chi connectivity index (χ0) is 19.9. The molecule has 3 N–H and O–H groups in total. The predicted molar refractivity (Wildman–Crippen MR) is 104 cm³/mol. The highest BCUT2D eigenvalue weighted by atomic mass is 32.2. The van der Waals surface area contributed by atoms with Crippen molar-refractivity contribution in [2.75, 3.05) is 11.3 Å². The van der Waals surface area contributed by atoms with E-state index < -0.39 is 22.0 Å². The van der Waals surface area contributed by atoms with Crippen molar-refractivity contribution in [3.05, 3.63) is 60.2 Å². The smallest absolute Gasteiger partial charge is 0.261 e. The largest absolute Gasteiger partial charge is 0.354 e. The zero-order valence-corrected chi connectivity index (χ0v) is 16.0. The van der Waals surface area contributed by atoms with Crippen LogP contribution in [0.15, 0.2) is 59.5 Å². The van der Waals surface area contributed by atoms with Gasteiger partial charge in [-0.1, -0.05) is 25.1 Å². The number of carbonyl (C=O) groups excluding carboxylic acids is 2. The number of amides is 2. The van der Waals surface area contributed by atoms with Crippen molar-refractivity contribution in [2.24, 2.45) is 0 Å². The van der Waals surface area contributed by atoms with Gasteiger partial charge >= 0.3 is 0 Å². The summed E-state index contributed by atoms with van der Waals surface area (Å²) < 4.78 is 27.2. The molecule has 2 rings (SSSR count). The van der Waals surface area contributed by atoms with E-state index in [0.717, 1.165) is 6.42 Å². The number of carbonyl (C=O) groups is 2. The molecule has 0 aliphatic heterocycles. The molecule has 2 amide bonds. The fourth-order valence-electron chi connectivity index (χ4n) is 2.25. The molecule has 0 aliphatic rings. The van der Waals surface area contributed by atoms with E-state index in [-0.39, 0.29) is 16.4 Å². The maximum atomic E-state index is 12.4. The Balaban J connectivity index is 2.03. The molecule has 2 aromatic rings. The van der Waals surface area contributed by atoms with Gasteiger partial charge in [-0.05, 0) is 49.7 Å². The van der Waals surface area contributed by atoms with Gasteiger partial charge < -0.3 is 10.6 Å². The Morgan fingerprint density at radius 3 is 2.22 bits per heavy atom. The van der Waals surface area contributed by atoms with Crippen molar-refractivity contribution < 1.29 is 18.0 Å². The molecule has 0 saturated heterocycles. The number of sulfonamides is 1. The third-order valence-corrected chi connectivity index (χ3v) is 5.14. The summed E-state index contributed by atoms with van der Waals surface area (Å²) in [6, 6.07) is 13.4. The van der Waals surface area contributed by atoms with E-state index in [1.807, 2.05) is 6.92 Å². The molecule has 0 spiro atoms. The maximum absolute atomic E-state index is 12.4. The first-order valence-corrected chi connectivity index (χ1v) is 10.1. The van der Waals surface area contributed by atoms with Crippen LogP contribution in [0.5, 0.6) is 0 Å². The normalized spacial score (nSPS) is 12.1. The minimum absolute atomic E-state index is 0.0386. The summed E-state index contributed by atoms with van der Waals surface area (Å²) in [6.07, 6.45) is 0.805. The third kappa shape index (κ3) is 5.82. The van der Waals surface area contributed by atoms with E-state index in [0.29, 0.717) is 12.2 Å². The SMILES string of the molecule is CCCNC(=O)[C@H](C)NC(=O)c1ccc(S(=O)(=O)Nc2ccccc2)cc1. The molecule has 0 fully saturated rings. The highest BCUT2D eigenvalue weighted by molar-refractivity contribution is 7.92. The van der Waals surface area contributed by atoms with Crippen LogP contribution in [0.4, 0.5) is 5.69 Å². The minimum Gasteiger partial charge on any atom is -0.354 e. The van der Waals surface area contributed by atoms with Crippen molar-refractivity contribution >= 4 is 27.5 Å². The van der Waals surface area contributed by atoms with Crippen LogP contribution in [0.2, 0.25) is 0 Å². The van der Waals surface area contributed by atoms with Crippen LogP contribution < -0.4 is 15.4 Å². The average Bonchev–Trinajstić information content (AvgIpc) is 2.66. The first kappa shape index (κ1) is 20.4. The number of anilines is 1. The molecule has 0 bridgehead atoms. The van der Waals surface area contributed by atoms with Gasteiger partial charge in [-0.15, -0.1) is 0 Å². The first-order chi connectivity index (χ1) is 12.8. The predicted octanol–water partition coefficient (Wildman–Crippen LogP) is 2.13. The number of hydrogen-bond acceptors (Lipinski definition) is 4. The van der Waals surface area contributed by atoms with Crippen LogP contribution in [0.3, 0.4) is 0 Å². The Labute approximate surface area is 159 Å². The van der Waals surface area contributed by atoms with Crippen molar-refractivity contribution in [2.45, 2.75) is 31.2 Å². The number of benzene rings is 2. The highest BCUT2D eigenvalue weighted by Crippen LogP contribution is 2.16. The molecule has 0 aliphatic carbocycles. The van der Waals surface area contributed by atoms with Crippen LogP contribution in [0, 0.1) is 0 Å². The van der Waals surface area contributed by atoms with Gasteiger partial charge in [0.2, 0.25) is 5.91 Å². The van der Waals surface area contributed by atoms with Crippen molar-refractivity contribution in [3.63, 3.8) is 0 Å². The summed E-state index contributed by atoms with van der Waals surface area (Å²) in [4.78, 5) is 24.1. The van der Waals surface area contributed by atoms with Crippen LogP contribution in [0.25, 0.3) is 0 Å². The highest BCUT2D eigenvalue weighted by Gasteiger charge is 2.18. The number of para-hydroxylation sites is 1. The number of nitrogens with one attached hydrogen (secondary N) is 3. The Hall–Kier alpha value is -2.87. The summed E-state index contributed by atoms with van der Waals surface area (Å²) in [5.74, 6) is -0.717. The van der Waals surface area contributed by atoms with Gasteiger partial charge in [-0.25, -0.2) is 8.42 Å². The molecule has 0 saturated carbocycles. The van der Waals surface area contributed by atoms with E-state index in [1.165, 1.54) is 24.3 Å². The Kier molecular flexibility index (Phi) is 6.95. The quantitative estimate of drug-likeness (QED) is 0.643. The average molecular weight is 389 g/mol. The van der Waals surface area contributed by atoms with Crippen LogP contribution >= 0.6 is 0 Å². The fraction of sp³-hybridized carbons (Fsp3) is 0.263. The van der Waals surface area contributed by atoms with Crippen LogP contribution in [-0.2, 0) is 14.8 Å². The molecule has 27 heavy (non-hydrogen) atoms. The van der Waals surface area contributed by atoms with Gasteiger partial charge in [-0.3, -0.25) is 14.3 Å². The molecule has 0 radical (unpaired) electrons. The maximum Gasteiger partial charge on any atom is 0.261 e. The van der Waals surface area contributed by atoms with Crippen molar-refractivity contribution in [3.8, 4) is 0 Å². The standard InChI is InChI=1S/C19H23N3O4S/c1-3-13-20-18(23)14(2)21-19(24)15-9-11-17(12-10-15)27(25,26)22-16-7-5-4-6-8-16/h4-12,14,22H,3,13H2,1-2H3,(H,20,23)(H,21,24)/t14-/m0/s1. The molecule has 8 heteroatoms. The van der Waals surface area contributed by atoms with Crippen LogP contribution in [-0.4, -0.2) is 32.8 Å². The second-order valence-corrected chi connectivity index (χ2v) is 7.66. The van der Waals surface area contributed by atoms with E-state index >= 15 is 0 Å². The molecular formula is C19H23N3O4S. The lowest BCUT2D eigenvalue weighted by molar-refractivity contribution is -0.122. The summed E-state index contributed by atoms with van der Waals surface area (Å²) in [5, 5.41) is 5.29. The van der Waals surface area contributed by atoms with Crippen molar-refractivity contribution in [1.82, 2.24) is 10.6 Å². The van der Waals surface area contributed by atoms with E-state index in [9.17, 15) is 18.0 Å². The van der Waals surface area contributed by atoms with Gasteiger partial charge in [0.25, 0.3) is 15.9 Å². The third-order valence-electron chi connectivity index (χ3n) is 3.74. The summed E-state index contributed by atoms with van der Waals surface area (Å²) in [7, 11) is -3.75. The Morgan fingerprint density at radius 2 is 1.63 bits per heavy atom. The first-order valence-electron chi connectivity index (χ1n) is 8.60. The van der Waals surface area contributed by atoms with E-state index in [1.54, 1.807) is 37.3 Å². The van der Waals surface area contributed by atoms with Gasteiger partial charge in [0.15, 0.2) is 0 Å². The zero-order valence-electron chi connectivity index (χ0n) is 15.2. The summed E-state index contributed by atoms with van der Waals surface area (Å²) >= 11 is 0. The summed E-state index contributed by atoms with van der Waals surface area (Å²) in [5.41, 5.74) is 0.718. The van der Waals surface area contributed by atoms with E-state index in [2.05, 4.69) is 15.4 Å². The fourth-order valence-corrected chi connectivity index (χ4v) is 3.31. The topological polar surface area (TPSA) is 104 Å². The minimum atomic E-state index is -3.75. The molecule has 1 atom stereocenters. The monoisotopic (exact) mass is 389 g/mol. The molecule has 0 aromatic heterocycles. The summed E-state index contributed by atoms with van der Waals surface area (Å²) in [6.45, 7) is 4.07. The van der Waals surface area contributed by atoms with Gasteiger partial charge in [0.1, 0.15) is 6.04 Å². The Bertz CT molecular complexity index is 881. The lowest BCUT2D eigenvalue weighted by atomic mass is 10.2. The second kappa shape index (κ2) is 9.18. The molecule has 7 nitrogen and oxygen atoms in total. The van der Waals surface area contributed by atoms with Gasteiger partial charge in [-0.2, -0.15) is 0 Å². The van der Waals surface area contributed by atoms with E-state index in [4.69, 9.17) is 0 Å². The number of rotatable bonds is 8. The van der Waals surface area contributed by atoms with Gasteiger partial charge in [0, 0.05) is 17.8 Å². The molecule has 0 unspecified atom stereocenters. The molecular weight excluding hydrogens is 366 g/mol. The Morgan fingerprint density at radius 1 is 1.00 bits per heavy atom. The second-order valence-electron chi connectivity index (χ2n) is 5.98. The number of hydrogen-bond donors (Lipinski definition) is 3. The lowest BCUT2D eigenvalue weighted by Crippen LogP contribution is -2.45. The van der Waals surface area contributed by atoms with Gasteiger partial charge in [0.05, 0.1) is 4.90 Å². The van der Waals surface area contributed by atoms with Crippen molar-refractivity contribution in [1.29, 1.82) is 0 Å². The molecule has 0 heterocycles. The van der Waals surface area contributed by atoms with Crippen LogP contribution in [0.1, 0.15) is 30.6 Å². The lowest BCUT2D eigenvalue weighted by Gasteiger charge is -2.14.